The van der Waals surface area contributed by atoms with Crippen molar-refractivity contribution in [1.82, 2.24) is 9.80 Å². The average molecular weight is 280 g/mol. The first-order valence-electron chi connectivity index (χ1n) is 7.91. The topological polar surface area (TPSA) is 49.9 Å². The van der Waals surface area contributed by atoms with E-state index in [4.69, 9.17) is 4.74 Å². The lowest BCUT2D eigenvalue weighted by Gasteiger charge is -2.47. The molecule has 5 nitrogen and oxygen atoms in total. The summed E-state index contributed by atoms with van der Waals surface area (Å²) in [6.45, 7) is 3.96. The third-order valence-corrected chi connectivity index (χ3v) is 4.85. The van der Waals surface area contributed by atoms with E-state index in [1.54, 1.807) is 9.80 Å². The van der Waals surface area contributed by atoms with Crippen LogP contribution in [0.3, 0.4) is 0 Å². The molecule has 3 fully saturated rings. The molecule has 5 heteroatoms. The van der Waals surface area contributed by atoms with Crippen LogP contribution in [0.25, 0.3) is 0 Å². The summed E-state index contributed by atoms with van der Waals surface area (Å²) in [5, 5.41) is 0. The van der Waals surface area contributed by atoms with Gasteiger partial charge < -0.3 is 14.5 Å². The quantitative estimate of drug-likeness (QED) is 0.763. The number of piperazine rings is 1. The fourth-order valence-electron chi connectivity index (χ4n) is 3.63. The summed E-state index contributed by atoms with van der Waals surface area (Å²) < 4.78 is 5.73. The van der Waals surface area contributed by atoms with Crippen molar-refractivity contribution in [3.05, 3.63) is 0 Å². The van der Waals surface area contributed by atoms with E-state index >= 15 is 0 Å². The Morgan fingerprint density at radius 1 is 1.10 bits per heavy atom. The zero-order valence-electron chi connectivity index (χ0n) is 12.2. The summed E-state index contributed by atoms with van der Waals surface area (Å²) in [7, 11) is 0. The number of hydrogen-bond donors (Lipinski definition) is 0. The summed E-state index contributed by atoms with van der Waals surface area (Å²) in [5.41, 5.74) is 0. The van der Waals surface area contributed by atoms with Crippen molar-refractivity contribution in [2.75, 3.05) is 19.7 Å². The van der Waals surface area contributed by atoms with Gasteiger partial charge in [-0.3, -0.25) is 9.59 Å². The summed E-state index contributed by atoms with van der Waals surface area (Å²) >= 11 is 0. The molecule has 20 heavy (non-hydrogen) atoms. The largest absolute Gasteiger partial charge is 0.376 e. The van der Waals surface area contributed by atoms with E-state index < -0.39 is 0 Å². The Morgan fingerprint density at radius 3 is 2.65 bits per heavy atom. The molecule has 3 saturated heterocycles. The van der Waals surface area contributed by atoms with Crippen LogP contribution in [0.15, 0.2) is 0 Å². The van der Waals surface area contributed by atoms with Crippen LogP contribution in [0.4, 0.5) is 0 Å². The second-order valence-electron chi connectivity index (χ2n) is 6.20. The Labute approximate surface area is 120 Å². The first-order valence-corrected chi connectivity index (χ1v) is 7.91. The second-order valence-corrected chi connectivity index (χ2v) is 6.20. The number of hydrogen-bond acceptors (Lipinski definition) is 3. The SMILES string of the molecule is CC1C(=O)N2CCCCC2C(=O)N1CC1CCCCO1. The molecular formula is C15H24N2O3. The van der Waals surface area contributed by atoms with Gasteiger partial charge in [0.25, 0.3) is 0 Å². The number of ether oxygens (including phenoxy) is 1. The van der Waals surface area contributed by atoms with Gasteiger partial charge in [0.15, 0.2) is 0 Å². The molecule has 0 aromatic rings. The van der Waals surface area contributed by atoms with Crippen LogP contribution in [0.1, 0.15) is 45.4 Å². The molecule has 3 heterocycles. The summed E-state index contributed by atoms with van der Waals surface area (Å²) in [6, 6.07) is -0.543. The molecular weight excluding hydrogens is 256 g/mol. The number of fused-ring (bicyclic) bond motifs is 1. The van der Waals surface area contributed by atoms with Gasteiger partial charge in [0.05, 0.1) is 6.10 Å². The lowest BCUT2D eigenvalue weighted by atomic mass is 9.95. The minimum atomic E-state index is -0.331. The van der Waals surface area contributed by atoms with Crippen molar-refractivity contribution in [2.45, 2.75) is 63.6 Å². The molecule has 0 aromatic heterocycles. The van der Waals surface area contributed by atoms with Crippen LogP contribution >= 0.6 is 0 Å². The Hall–Kier alpha value is -1.10. The van der Waals surface area contributed by atoms with E-state index in [1.807, 2.05) is 6.92 Å². The molecule has 3 atom stereocenters. The van der Waals surface area contributed by atoms with Crippen LogP contribution in [0, 0.1) is 0 Å². The van der Waals surface area contributed by atoms with Gasteiger partial charge in [-0.05, 0) is 45.4 Å². The van der Waals surface area contributed by atoms with Crippen LogP contribution < -0.4 is 0 Å². The minimum Gasteiger partial charge on any atom is -0.376 e. The molecule has 3 aliphatic heterocycles. The van der Waals surface area contributed by atoms with E-state index in [0.717, 1.165) is 51.7 Å². The van der Waals surface area contributed by atoms with Crippen molar-refractivity contribution in [1.29, 1.82) is 0 Å². The van der Waals surface area contributed by atoms with Crippen LogP contribution in [0.2, 0.25) is 0 Å². The molecule has 0 spiro atoms. The van der Waals surface area contributed by atoms with Crippen molar-refractivity contribution < 1.29 is 14.3 Å². The minimum absolute atomic E-state index is 0.109. The fraction of sp³-hybridized carbons (Fsp3) is 0.867. The van der Waals surface area contributed by atoms with Crippen molar-refractivity contribution in [3.8, 4) is 0 Å². The van der Waals surface area contributed by atoms with Gasteiger partial charge in [-0.15, -0.1) is 0 Å². The lowest BCUT2D eigenvalue weighted by molar-refractivity contribution is -0.165. The average Bonchev–Trinajstić information content (AvgIpc) is 2.50. The molecule has 0 radical (unpaired) electrons. The molecule has 0 aromatic carbocycles. The molecule has 0 aliphatic carbocycles. The van der Waals surface area contributed by atoms with E-state index in [-0.39, 0.29) is 30.0 Å². The molecule has 112 valence electrons. The summed E-state index contributed by atoms with van der Waals surface area (Å²) in [5.74, 6) is 0.246. The van der Waals surface area contributed by atoms with Gasteiger partial charge in [0, 0.05) is 19.7 Å². The van der Waals surface area contributed by atoms with Crippen LogP contribution in [0.5, 0.6) is 0 Å². The highest BCUT2D eigenvalue weighted by Gasteiger charge is 2.45. The predicted octanol–water partition coefficient (Wildman–Crippen LogP) is 1.17. The molecule has 0 N–H and O–H groups in total. The third kappa shape index (κ3) is 2.43. The van der Waals surface area contributed by atoms with Gasteiger partial charge in [0.1, 0.15) is 12.1 Å². The molecule has 3 aliphatic rings. The maximum atomic E-state index is 12.7. The molecule has 3 unspecified atom stereocenters. The van der Waals surface area contributed by atoms with E-state index in [0.29, 0.717) is 6.54 Å². The molecule has 0 saturated carbocycles. The predicted molar refractivity (Wildman–Crippen MR) is 74.1 cm³/mol. The van der Waals surface area contributed by atoms with Gasteiger partial charge in [0.2, 0.25) is 11.8 Å². The molecule has 3 rings (SSSR count). The third-order valence-electron chi connectivity index (χ3n) is 4.85. The highest BCUT2D eigenvalue weighted by molar-refractivity contribution is 5.96. The lowest BCUT2D eigenvalue weighted by Crippen LogP contribution is -2.66. The number of piperidine rings is 1. The number of carbonyl (C=O) groups excluding carboxylic acids is 2. The zero-order chi connectivity index (χ0) is 14.1. The van der Waals surface area contributed by atoms with Crippen molar-refractivity contribution in [3.63, 3.8) is 0 Å². The maximum Gasteiger partial charge on any atom is 0.246 e. The Balaban J connectivity index is 1.72. The van der Waals surface area contributed by atoms with Crippen molar-refractivity contribution >= 4 is 11.8 Å². The van der Waals surface area contributed by atoms with Gasteiger partial charge in [-0.1, -0.05) is 0 Å². The molecule has 0 bridgehead atoms. The van der Waals surface area contributed by atoms with Crippen LogP contribution in [-0.2, 0) is 14.3 Å². The van der Waals surface area contributed by atoms with E-state index in [9.17, 15) is 9.59 Å². The monoisotopic (exact) mass is 280 g/mol. The Bertz CT molecular complexity index is 393. The first kappa shape index (κ1) is 13.9. The van der Waals surface area contributed by atoms with Gasteiger partial charge in [-0.25, -0.2) is 0 Å². The standard InChI is InChI=1S/C15H24N2O3/c1-11-14(18)16-8-4-2-7-13(16)15(19)17(11)10-12-6-3-5-9-20-12/h11-13H,2-10H2,1H3. The second kappa shape index (κ2) is 5.72. The Morgan fingerprint density at radius 2 is 1.90 bits per heavy atom. The van der Waals surface area contributed by atoms with E-state index in [1.165, 1.54) is 0 Å². The van der Waals surface area contributed by atoms with Crippen LogP contribution in [-0.4, -0.2) is 59.5 Å². The zero-order valence-corrected chi connectivity index (χ0v) is 12.2. The number of rotatable bonds is 2. The molecule has 2 amide bonds. The maximum absolute atomic E-state index is 12.7. The Kier molecular flexibility index (Phi) is 3.96. The highest BCUT2D eigenvalue weighted by Crippen LogP contribution is 2.27. The summed E-state index contributed by atoms with van der Waals surface area (Å²) in [4.78, 5) is 28.7. The van der Waals surface area contributed by atoms with Gasteiger partial charge in [-0.2, -0.15) is 0 Å². The number of carbonyl (C=O) groups is 2. The summed E-state index contributed by atoms with van der Waals surface area (Å²) in [6.07, 6.45) is 6.26. The number of amides is 2. The normalized spacial score (nSPS) is 35.1. The van der Waals surface area contributed by atoms with Gasteiger partial charge >= 0.3 is 0 Å². The smallest absolute Gasteiger partial charge is 0.246 e. The van der Waals surface area contributed by atoms with Crippen molar-refractivity contribution in [2.24, 2.45) is 0 Å². The van der Waals surface area contributed by atoms with E-state index in [2.05, 4.69) is 0 Å². The fourth-order valence-corrected chi connectivity index (χ4v) is 3.63. The number of nitrogens with zero attached hydrogens (tertiary/aromatic N) is 2. The first-order chi connectivity index (χ1) is 9.68. The highest BCUT2D eigenvalue weighted by atomic mass is 16.5.